The molecule has 0 bridgehead atoms. The molecule has 6 N–H and O–H groups in total. The molecule has 25 rings (SSSR count). The summed E-state index contributed by atoms with van der Waals surface area (Å²) >= 11 is 5.83. The van der Waals surface area contributed by atoms with Gasteiger partial charge in [0.2, 0.25) is 29.5 Å². The number of aromatic nitrogens is 1. The highest BCUT2D eigenvalue weighted by molar-refractivity contribution is 7.96. The Morgan fingerprint density at radius 1 is 0.301 bits per heavy atom. The minimum Gasteiger partial charge on any atom is -0.386 e. The van der Waals surface area contributed by atoms with Gasteiger partial charge in [-0.25, -0.2) is 34.8 Å². The summed E-state index contributed by atoms with van der Waals surface area (Å²) in [6.07, 6.45) is 25.2. The lowest BCUT2D eigenvalue weighted by molar-refractivity contribution is -0.137. The molecule has 15 aliphatic rings. The lowest BCUT2D eigenvalue weighted by Gasteiger charge is -2.19. The molecule has 146 heavy (non-hydrogen) atoms. The van der Waals surface area contributed by atoms with E-state index >= 15 is 0 Å². The molecule has 5 atom stereocenters. The van der Waals surface area contributed by atoms with Crippen LogP contribution in [0.4, 0.5) is 50.4 Å². The molecule has 9 aromatic carbocycles. The van der Waals surface area contributed by atoms with Crippen LogP contribution in [0.1, 0.15) is 252 Å². The average Bonchev–Trinajstić information content (AvgIpc) is 1.59. The number of benzene rings is 9. The molecule has 10 amide bonds. The summed E-state index contributed by atoms with van der Waals surface area (Å²) in [5.41, 5.74) is 27.3. The Hall–Kier alpha value is -12.5. The first-order valence-corrected chi connectivity index (χ1v) is 58.1. The Labute approximate surface area is 845 Å². The molecule has 10 aliphatic carbocycles. The van der Waals surface area contributed by atoms with Gasteiger partial charge in [-0.15, -0.1) is 0 Å². The van der Waals surface area contributed by atoms with Gasteiger partial charge in [-0.1, -0.05) is 48.0 Å². The standard InChI is InChI=1S/C24H26N2O4S.C22H19F3N2O3S.2C21H19FN2O3S.C20H18ClN3O3S/c1-24(2,29)16-9-10-19-20(12-16)31(30,26-23(19)28)13-21(27)25-22-17-7-3-5-14(17)11-15-6-4-8-18(15)22;23-22(24,25)14-7-8-17-18(10-14)31(30,27-21(17)29)11-19(28)26-20-15-5-1-3-12(15)9-13-4-2-6-16(13)20;22-14-7-8-18-17(10-14)21(26)24-28(18,27)11-19(25)23-20-15-5-1-3-12(15)9-13-4-2-6-16(13)20;22-14-7-8-17-18(10-14)28(27,24-21(17)26)11-19(25)23-20-15-5-1-3-12(15)9-13-4-2-6-16(13)20;21-16-8-7-15-19(22-16)20(26)24-28(15,27)10-17(25)23-18-13-5-1-3-11(13)9-12-4-2-6-14(12)18/h9-12,29H,3-8,13H2,1-2H3,(H,25,27);7-10H,1-6,11H2,(H,26,28);2*7-10H,1-6,11H2,(H,23,25);7-9H,1-6,10H2,(H,23,25). The van der Waals surface area contributed by atoms with Gasteiger partial charge >= 0.3 is 12.1 Å². The average molecular weight is 2100 g/mol. The van der Waals surface area contributed by atoms with Crippen LogP contribution in [0.15, 0.2) is 162 Å². The summed E-state index contributed by atoms with van der Waals surface area (Å²) in [5, 5.41) is 25.4. The second-order valence-electron chi connectivity index (χ2n) is 40.1. The Balaban J connectivity index is 0.000000107. The highest BCUT2D eigenvalue weighted by Gasteiger charge is 2.43. The number of aliphatic hydroxyl groups is 1. The van der Waals surface area contributed by atoms with Crippen LogP contribution >= 0.6 is 11.6 Å². The van der Waals surface area contributed by atoms with Crippen LogP contribution in [-0.2, 0) is 213 Å². The number of nitrogens with zero attached hydrogens (tertiary/aromatic N) is 6. The van der Waals surface area contributed by atoms with Gasteiger partial charge in [0, 0.05) is 28.4 Å². The van der Waals surface area contributed by atoms with Crippen molar-refractivity contribution >= 4 is 148 Å². The van der Waals surface area contributed by atoms with Gasteiger partial charge in [0.25, 0.3) is 23.6 Å². The monoisotopic (exact) mass is 2100 g/mol. The second-order valence-corrected chi connectivity index (χ2v) is 51.4. The molecule has 27 nitrogen and oxygen atoms in total. The normalized spacial score (nSPS) is 21.7. The van der Waals surface area contributed by atoms with E-state index in [1.54, 1.807) is 26.0 Å². The number of carbonyl (C=O) groups excluding carboxylic acids is 10. The number of amides is 10. The quantitative estimate of drug-likeness (QED) is 0.0386. The Kier molecular flexibility index (Phi) is 26.1. The largest absolute Gasteiger partial charge is 0.416 e. The zero-order valence-corrected chi connectivity index (χ0v) is 84.6. The SMILES string of the molecule is CC(C)(O)c1ccc2c(c1)S(=O)(CC(=O)Nc1c3c(cc4c1CCC4)CCC3)=NC2=O.O=C(CS1(=O)=NC(=O)c2cc(F)ccc21)Nc1c2c(cc3c1CCC3)CCC2.O=C(CS1(=O)=NC(=O)c2ccc(C(F)(F)F)cc21)Nc1c2c(cc3c1CCC3)CCC2.O=C(CS1(=O)=NC(=O)c2ccc(F)cc21)Nc1c2c(cc3c1CCC3)CCC2.O=C(CS1(=O)=NC(=O)c2nc(Cl)ccc21)Nc1c2c(cc3c1CCC3)CCC2. The van der Waals surface area contributed by atoms with Crippen LogP contribution in [-0.4, -0.2) is 119 Å². The van der Waals surface area contributed by atoms with Crippen LogP contribution in [0.2, 0.25) is 5.15 Å². The second kappa shape index (κ2) is 38.3. The van der Waals surface area contributed by atoms with Gasteiger partial charge in [0.15, 0.2) is 0 Å². The fourth-order valence-electron chi connectivity index (χ4n) is 23.5. The van der Waals surface area contributed by atoms with Crippen molar-refractivity contribution in [1.29, 1.82) is 0 Å². The van der Waals surface area contributed by atoms with Crippen LogP contribution in [0.3, 0.4) is 0 Å². The maximum absolute atomic E-state index is 13.6. The van der Waals surface area contributed by atoms with E-state index in [-0.39, 0.29) is 69.1 Å². The van der Waals surface area contributed by atoms with Crippen molar-refractivity contribution in [3.8, 4) is 0 Å². The molecular formula is C108H101ClF5N11O16S5. The predicted octanol–water partition coefficient (Wildman–Crippen LogP) is 18.0. The number of hydrogen-bond acceptors (Lipinski definition) is 17. The Bertz CT molecular complexity index is 7740. The number of pyridine rings is 1. The van der Waals surface area contributed by atoms with Crippen molar-refractivity contribution in [2.75, 3.05) is 55.3 Å². The third kappa shape index (κ3) is 18.9. The molecule has 0 radical (unpaired) electrons. The van der Waals surface area contributed by atoms with Crippen molar-refractivity contribution in [1.82, 2.24) is 4.98 Å². The number of alkyl halides is 3. The van der Waals surface area contributed by atoms with E-state index in [1.807, 2.05) is 0 Å². The van der Waals surface area contributed by atoms with Crippen molar-refractivity contribution in [2.45, 2.75) is 243 Å². The zero-order valence-electron chi connectivity index (χ0n) is 79.8. The molecule has 1 aromatic heterocycles. The number of halogens is 6. The van der Waals surface area contributed by atoms with Crippen molar-refractivity contribution in [3.63, 3.8) is 0 Å². The summed E-state index contributed by atoms with van der Waals surface area (Å²) in [4.78, 5) is 129. The van der Waals surface area contributed by atoms with E-state index in [9.17, 15) is 96.0 Å². The summed E-state index contributed by atoms with van der Waals surface area (Å²) in [5.74, 6) is -9.22. The lowest BCUT2D eigenvalue weighted by atomic mass is 9.97. The molecule has 5 unspecified atom stereocenters. The van der Waals surface area contributed by atoms with E-state index < -0.39 is 154 Å². The maximum atomic E-state index is 13.6. The van der Waals surface area contributed by atoms with E-state index in [1.165, 1.54) is 130 Å². The predicted molar refractivity (Wildman–Crippen MR) is 541 cm³/mol. The fourth-order valence-corrected chi connectivity index (χ4v) is 33.1. The Morgan fingerprint density at radius 2 is 0.541 bits per heavy atom. The summed E-state index contributed by atoms with van der Waals surface area (Å²) in [6.45, 7) is 3.24. The van der Waals surface area contributed by atoms with Gasteiger partial charge in [-0.3, -0.25) is 47.9 Å². The highest BCUT2D eigenvalue weighted by Crippen LogP contribution is 2.48. The van der Waals surface area contributed by atoms with Crippen molar-refractivity contribution < 1.29 is 96.0 Å². The van der Waals surface area contributed by atoms with E-state index in [0.29, 0.717) is 11.6 Å². The number of hydrogen-bond donors (Lipinski definition) is 6. The molecule has 0 saturated heterocycles. The van der Waals surface area contributed by atoms with E-state index in [0.717, 1.165) is 269 Å². The molecule has 0 fully saturated rings. The van der Waals surface area contributed by atoms with Crippen molar-refractivity contribution in [3.05, 3.63) is 282 Å². The van der Waals surface area contributed by atoms with Crippen molar-refractivity contribution in [2.24, 2.45) is 21.8 Å². The summed E-state index contributed by atoms with van der Waals surface area (Å²) in [6, 6.07) is 28.3. The van der Waals surface area contributed by atoms with Crippen LogP contribution in [0.5, 0.6) is 0 Å². The third-order valence-electron chi connectivity index (χ3n) is 30.0. The number of carbonyl (C=O) groups is 10. The van der Waals surface area contributed by atoms with Crippen LogP contribution in [0.25, 0.3) is 0 Å². The first-order valence-electron chi connectivity index (χ1n) is 49.3. The molecule has 6 heterocycles. The van der Waals surface area contributed by atoms with Gasteiger partial charge < -0.3 is 31.7 Å². The zero-order chi connectivity index (χ0) is 102. The van der Waals surface area contributed by atoms with Gasteiger partial charge in [0.1, 0.15) is 51.2 Å². The molecule has 10 aromatic rings. The van der Waals surface area contributed by atoms with Crippen LogP contribution < -0.4 is 26.6 Å². The number of aryl methyl sites for hydroxylation is 10. The highest BCUT2D eigenvalue weighted by atomic mass is 35.5. The molecular weight excluding hydrogens is 2000 g/mol. The Morgan fingerprint density at radius 3 is 0.842 bits per heavy atom. The lowest BCUT2D eigenvalue weighted by Crippen LogP contribution is -2.24. The smallest absolute Gasteiger partial charge is 0.386 e. The topological polar surface area (TPSA) is 411 Å². The maximum Gasteiger partial charge on any atom is 0.416 e. The number of fused-ring (bicyclic) bond motifs is 15. The summed E-state index contributed by atoms with van der Waals surface area (Å²) in [7, 11) is -16.6. The number of rotatable bonds is 16. The first-order chi connectivity index (χ1) is 69.6. The van der Waals surface area contributed by atoms with E-state index in [4.69, 9.17) is 11.6 Å². The van der Waals surface area contributed by atoms with Crippen LogP contribution in [0, 0.1) is 11.6 Å². The minimum atomic E-state index is -4.66. The van der Waals surface area contributed by atoms with Gasteiger partial charge in [-0.05, 0) is 402 Å². The fraction of sp³-hybridized carbons (Fsp3) is 0.361. The first kappa shape index (κ1) is 99.5. The molecule has 38 heteroatoms. The van der Waals surface area contributed by atoms with E-state index in [2.05, 4.69) is 83.7 Å². The summed E-state index contributed by atoms with van der Waals surface area (Å²) < 4.78 is 152. The van der Waals surface area contributed by atoms with Gasteiger partial charge in [-0.2, -0.15) is 35.0 Å². The minimum absolute atomic E-state index is 0.0145. The molecule has 0 saturated carbocycles. The third-order valence-corrected chi connectivity index (χ3v) is 40.9. The van der Waals surface area contributed by atoms with Gasteiger partial charge in [0.05, 0.1) is 107 Å². The molecule has 756 valence electrons. The number of anilines is 5. The molecule has 0 spiro atoms. The molecule has 5 aliphatic heterocycles. The number of nitrogens with one attached hydrogen (secondary N) is 5.